The van der Waals surface area contributed by atoms with E-state index in [1.165, 1.54) is 4.90 Å². The van der Waals surface area contributed by atoms with Crippen molar-refractivity contribution in [3.05, 3.63) is 70.8 Å². The molecule has 1 saturated carbocycles. The van der Waals surface area contributed by atoms with Crippen LogP contribution in [0.3, 0.4) is 0 Å². The van der Waals surface area contributed by atoms with Gasteiger partial charge in [-0.05, 0) is 48.6 Å². The summed E-state index contributed by atoms with van der Waals surface area (Å²) in [7, 11) is 0. The highest BCUT2D eigenvalue weighted by Crippen LogP contribution is 2.33. The third-order valence-corrected chi connectivity index (χ3v) is 6.25. The second-order valence-electron chi connectivity index (χ2n) is 8.20. The Balaban J connectivity index is 1.40. The summed E-state index contributed by atoms with van der Waals surface area (Å²) in [5, 5.41) is 2.97. The van der Waals surface area contributed by atoms with Crippen LogP contribution in [0.15, 0.2) is 48.5 Å². The van der Waals surface area contributed by atoms with Crippen molar-refractivity contribution in [2.75, 3.05) is 6.54 Å². The van der Waals surface area contributed by atoms with E-state index in [4.69, 9.17) is 5.73 Å². The molecule has 4 amide bonds. The van der Waals surface area contributed by atoms with Gasteiger partial charge in [-0.2, -0.15) is 0 Å². The van der Waals surface area contributed by atoms with Crippen LogP contribution >= 0.6 is 0 Å². The molecule has 3 N–H and O–H groups in total. The normalized spacial score (nSPS) is 20.5. The number of nitrogens with one attached hydrogen (secondary N) is 1. The van der Waals surface area contributed by atoms with Gasteiger partial charge >= 0.3 is 0 Å². The zero-order chi connectivity index (χ0) is 22.0. The second kappa shape index (κ2) is 8.71. The van der Waals surface area contributed by atoms with E-state index >= 15 is 0 Å². The van der Waals surface area contributed by atoms with Crippen LogP contribution in [0.4, 0.5) is 0 Å². The van der Waals surface area contributed by atoms with Crippen LogP contribution in [-0.4, -0.2) is 35.1 Å². The molecule has 0 bridgehead atoms. The van der Waals surface area contributed by atoms with Crippen molar-refractivity contribution in [3.8, 4) is 0 Å². The molecule has 1 heterocycles. The lowest BCUT2D eigenvalue weighted by atomic mass is 9.78. The number of nitrogens with zero attached hydrogens (tertiary/aromatic N) is 1. The number of hydrogen-bond donors (Lipinski definition) is 2. The van der Waals surface area contributed by atoms with Crippen molar-refractivity contribution in [2.45, 2.75) is 32.2 Å². The number of amides is 4. The highest BCUT2D eigenvalue weighted by molar-refractivity contribution is 6.21. The Kier molecular flexibility index (Phi) is 5.84. The number of fused-ring (bicyclic) bond motifs is 1. The fourth-order valence-electron chi connectivity index (χ4n) is 4.52. The largest absolute Gasteiger partial charge is 0.366 e. The molecular weight excluding hydrogens is 394 g/mol. The summed E-state index contributed by atoms with van der Waals surface area (Å²) in [5.74, 6) is -1.43. The van der Waals surface area contributed by atoms with E-state index in [2.05, 4.69) is 5.32 Å². The Hall–Kier alpha value is -3.48. The molecule has 2 atom stereocenters. The van der Waals surface area contributed by atoms with Crippen molar-refractivity contribution >= 4 is 23.6 Å². The first kappa shape index (κ1) is 20.8. The first-order valence-electron chi connectivity index (χ1n) is 10.6. The molecule has 2 aromatic carbocycles. The van der Waals surface area contributed by atoms with Crippen molar-refractivity contribution < 1.29 is 19.2 Å². The first-order chi connectivity index (χ1) is 15.0. The highest BCUT2D eigenvalue weighted by Gasteiger charge is 2.39. The van der Waals surface area contributed by atoms with E-state index in [0.717, 1.165) is 31.2 Å². The maximum absolute atomic E-state index is 12.9. The molecule has 160 valence electrons. The molecule has 7 heteroatoms. The topological polar surface area (TPSA) is 110 Å². The summed E-state index contributed by atoms with van der Waals surface area (Å²) in [6.07, 6.45) is 3.47. The number of benzene rings is 2. The van der Waals surface area contributed by atoms with Gasteiger partial charge in [-0.1, -0.05) is 37.1 Å². The first-order valence-corrected chi connectivity index (χ1v) is 10.6. The molecule has 1 aliphatic heterocycles. The van der Waals surface area contributed by atoms with Gasteiger partial charge in [0.05, 0.1) is 11.1 Å². The third-order valence-electron chi connectivity index (χ3n) is 6.25. The molecule has 0 saturated heterocycles. The lowest BCUT2D eigenvalue weighted by molar-refractivity contribution is -0.128. The third kappa shape index (κ3) is 4.21. The Morgan fingerprint density at radius 1 is 0.935 bits per heavy atom. The summed E-state index contributed by atoms with van der Waals surface area (Å²) in [5.41, 5.74) is 7.41. The molecule has 31 heavy (non-hydrogen) atoms. The summed E-state index contributed by atoms with van der Waals surface area (Å²) in [4.78, 5) is 50.8. The van der Waals surface area contributed by atoms with Crippen LogP contribution in [0.1, 0.15) is 62.3 Å². The fraction of sp³-hybridized carbons (Fsp3) is 0.333. The number of hydrogen-bond acceptors (Lipinski definition) is 4. The molecule has 2 aromatic rings. The van der Waals surface area contributed by atoms with E-state index in [1.54, 1.807) is 48.5 Å². The smallest absolute Gasteiger partial charge is 0.261 e. The second-order valence-corrected chi connectivity index (χ2v) is 8.20. The van der Waals surface area contributed by atoms with Gasteiger partial charge in [0.15, 0.2) is 0 Å². The monoisotopic (exact) mass is 419 g/mol. The van der Waals surface area contributed by atoms with Crippen molar-refractivity contribution in [1.29, 1.82) is 0 Å². The van der Waals surface area contributed by atoms with Gasteiger partial charge in [-0.3, -0.25) is 24.1 Å². The molecule has 0 spiro atoms. The number of primary amides is 1. The van der Waals surface area contributed by atoms with Crippen LogP contribution in [0.2, 0.25) is 0 Å². The Bertz CT molecular complexity index is 996. The maximum atomic E-state index is 12.9. The van der Waals surface area contributed by atoms with E-state index < -0.39 is 5.91 Å². The van der Waals surface area contributed by atoms with Crippen molar-refractivity contribution in [3.63, 3.8) is 0 Å². The number of imide groups is 1. The molecule has 7 nitrogen and oxygen atoms in total. The molecule has 0 aromatic heterocycles. The Morgan fingerprint density at radius 2 is 1.55 bits per heavy atom. The fourth-order valence-corrected chi connectivity index (χ4v) is 4.52. The Morgan fingerprint density at radius 3 is 2.16 bits per heavy atom. The predicted octanol–water partition coefficient (Wildman–Crippen LogP) is 2.50. The zero-order valence-corrected chi connectivity index (χ0v) is 17.2. The number of nitrogens with two attached hydrogens (primary N) is 1. The van der Waals surface area contributed by atoms with Gasteiger partial charge in [0.25, 0.3) is 11.8 Å². The SMILES string of the molecule is NC(=O)c1ccc(CNC(=O)C2CCCCC2CN2C(=O)c3ccccc3C2=O)cc1. The minimum atomic E-state index is -0.492. The van der Waals surface area contributed by atoms with Crippen molar-refractivity contribution in [2.24, 2.45) is 17.6 Å². The van der Waals surface area contributed by atoms with Gasteiger partial charge in [0, 0.05) is 24.6 Å². The summed E-state index contributed by atoms with van der Waals surface area (Å²) < 4.78 is 0. The van der Waals surface area contributed by atoms with E-state index in [9.17, 15) is 19.2 Å². The number of rotatable bonds is 6. The minimum Gasteiger partial charge on any atom is -0.366 e. The van der Waals surface area contributed by atoms with E-state index in [0.29, 0.717) is 23.2 Å². The van der Waals surface area contributed by atoms with Gasteiger partial charge in [0.1, 0.15) is 0 Å². The van der Waals surface area contributed by atoms with Crippen LogP contribution in [0, 0.1) is 11.8 Å². The van der Waals surface area contributed by atoms with Gasteiger partial charge in [-0.25, -0.2) is 0 Å². The molecule has 4 rings (SSSR count). The predicted molar refractivity (Wildman–Crippen MR) is 114 cm³/mol. The molecule has 2 aliphatic rings. The standard InChI is InChI=1S/C24H25N3O4/c25-21(28)16-11-9-15(10-12-16)13-26-22(29)18-6-2-1-5-17(18)14-27-23(30)19-7-3-4-8-20(19)24(27)31/h3-4,7-12,17-18H,1-2,5-6,13-14H2,(H2,25,28)(H,26,29). The average molecular weight is 419 g/mol. The Labute approximate surface area is 180 Å². The van der Waals surface area contributed by atoms with Crippen LogP contribution in [-0.2, 0) is 11.3 Å². The van der Waals surface area contributed by atoms with Crippen LogP contribution < -0.4 is 11.1 Å². The summed E-state index contributed by atoms with van der Waals surface area (Å²) in [6, 6.07) is 13.6. The van der Waals surface area contributed by atoms with Gasteiger partial charge in [0.2, 0.25) is 11.8 Å². The number of carbonyl (C=O) groups is 4. The summed E-state index contributed by atoms with van der Waals surface area (Å²) >= 11 is 0. The quantitative estimate of drug-likeness (QED) is 0.701. The summed E-state index contributed by atoms with van der Waals surface area (Å²) in [6.45, 7) is 0.603. The van der Waals surface area contributed by atoms with Crippen molar-refractivity contribution in [1.82, 2.24) is 10.2 Å². The minimum absolute atomic E-state index is 0.0619. The average Bonchev–Trinajstić information content (AvgIpc) is 3.03. The lowest BCUT2D eigenvalue weighted by Crippen LogP contribution is -2.43. The molecule has 1 fully saturated rings. The van der Waals surface area contributed by atoms with E-state index in [1.807, 2.05) is 0 Å². The van der Waals surface area contributed by atoms with Gasteiger partial charge < -0.3 is 11.1 Å². The molecule has 0 radical (unpaired) electrons. The lowest BCUT2D eigenvalue weighted by Gasteiger charge is -2.32. The zero-order valence-electron chi connectivity index (χ0n) is 17.2. The highest BCUT2D eigenvalue weighted by atomic mass is 16.2. The van der Waals surface area contributed by atoms with E-state index in [-0.39, 0.29) is 36.1 Å². The maximum Gasteiger partial charge on any atom is 0.261 e. The van der Waals surface area contributed by atoms with Crippen LogP contribution in [0.25, 0.3) is 0 Å². The van der Waals surface area contributed by atoms with Crippen LogP contribution in [0.5, 0.6) is 0 Å². The number of carbonyl (C=O) groups excluding carboxylic acids is 4. The van der Waals surface area contributed by atoms with Gasteiger partial charge in [-0.15, -0.1) is 0 Å². The molecule has 2 unspecified atom stereocenters. The molecule has 1 aliphatic carbocycles. The molecular formula is C24H25N3O4.